The first-order valence-electron chi connectivity index (χ1n) is 6.13. The summed E-state index contributed by atoms with van der Waals surface area (Å²) in [6, 6.07) is 9.23. The molecular formula is C14H19N3O. The lowest BCUT2D eigenvalue weighted by Gasteiger charge is -2.09. The highest BCUT2D eigenvalue weighted by molar-refractivity contribution is 5.81. The second-order valence-corrected chi connectivity index (χ2v) is 4.54. The molecule has 0 fully saturated rings. The predicted octanol–water partition coefficient (Wildman–Crippen LogP) is 2.13. The van der Waals surface area contributed by atoms with Gasteiger partial charge in [-0.2, -0.15) is 5.26 Å². The molecule has 0 radical (unpaired) electrons. The monoisotopic (exact) mass is 245 g/mol. The lowest BCUT2D eigenvalue weighted by molar-refractivity contribution is -0.119. The van der Waals surface area contributed by atoms with E-state index in [0.717, 1.165) is 6.42 Å². The molecule has 0 bridgehead atoms. The number of amides is 1. The van der Waals surface area contributed by atoms with Gasteiger partial charge in [-0.25, -0.2) is 0 Å². The molecule has 0 aromatic heterocycles. The largest absolute Gasteiger partial charge is 0.375 e. The Kier molecular flexibility index (Phi) is 5.72. The van der Waals surface area contributed by atoms with Crippen LogP contribution in [0.5, 0.6) is 0 Å². The van der Waals surface area contributed by atoms with Crippen LogP contribution in [0.25, 0.3) is 0 Å². The molecule has 0 saturated heterocycles. The van der Waals surface area contributed by atoms with Crippen molar-refractivity contribution in [3.8, 4) is 6.07 Å². The number of para-hydroxylation sites is 1. The van der Waals surface area contributed by atoms with Crippen molar-refractivity contribution in [1.29, 1.82) is 5.26 Å². The molecule has 1 amide bonds. The molecule has 0 saturated carbocycles. The van der Waals surface area contributed by atoms with E-state index < -0.39 is 0 Å². The van der Waals surface area contributed by atoms with Crippen LogP contribution in [-0.2, 0) is 4.79 Å². The normalized spacial score (nSPS) is 9.89. The van der Waals surface area contributed by atoms with E-state index >= 15 is 0 Å². The molecule has 0 atom stereocenters. The van der Waals surface area contributed by atoms with Crippen molar-refractivity contribution in [1.82, 2.24) is 5.32 Å². The van der Waals surface area contributed by atoms with Crippen molar-refractivity contribution >= 4 is 11.6 Å². The third-order valence-electron chi connectivity index (χ3n) is 2.53. The van der Waals surface area contributed by atoms with Crippen LogP contribution in [0.4, 0.5) is 5.69 Å². The fraction of sp³-hybridized carbons (Fsp3) is 0.429. The summed E-state index contributed by atoms with van der Waals surface area (Å²) < 4.78 is 0. The third-order valence-corrected chi connectivity index (χ3v) is 2.53. The molecule has 4 nitrogen and oxygen atoms in total. The molecule has 1 rings (SSSR count). The standard InChI is InChI=1S/C14H19N3O/c1-11(2)7-8-16-14(18)10-17-13-6-4-3-5-12(13)9-15/h3-6,11,17H,7-8,10H2,1-2H3,(H,16,18). The number of carbonyl (C=O) groups excluding carboxylic acids is 1. The SMILES string of the molecule is CC(C)CCNC(=O)CNc1ccccc1C#N. The van der Waals surface area contributed by atoms with E-state index in [1.807, 2.05) is 6.07 Å². The van der Waals surface area contributed by atoms with Crippen molar-refractivity contribution in [3.05, 3.63) is 29.8 Å². The van der Waals surface area contributed by atoms with Gasteiger partial charge in [0.2, 0.25) is 5.91 Å². The van der Waals surface area contributed by atoms with Gasteiger partial charge in [0.15, 0.2) is 0 Å². The Balaban J connectivity index is 2.36. The van der Waals surface area contributed by atoms with Crippen LogP contribution in [0.2, 0.25) is 0 Å². The van der Waals surface area contributed by atoms with Crippen LogP contribution >= 0.6 is 0 Å². The Labute approximate surface area is 108 Å². The summed E-state index contributed by atoms with van der Waals surface area (Å²) in [5.74, 6) is 0.529. The van der Waals surface area contributed by atoms with Crippen molar-refractivity contribution in [2.75, 3.05) is 18.4 Å². The summed E-state index contributed by atoms with van der Waals surface area (Å²) >= 11 is 0. The van der Waals surface area contributed by atoms with Gasteiger partial charge < -0.3 is 10.6 Å². The molecule has 18 heavy (non-hydrogen) atoms. The van der Waals surface area contributed by atoms with E-state index in [-0.39, 0.29) is 12.5 Å². The summed E-state index contributed by atoms with van der Waals surface area (Å²) in [4.78, 5) is 11.5. The number of nitrogens with zero attached hydrogens (tertiary/aromatic N) is 1. The molecule has 0 aliphatic heterocycles. The number of hydrogen-bond acceptors (Lipinski definition) is 3. The van der Waals surface area contributed by atoms with Gasteiger partial charge in [-0.15, -0.1) is 0 Å². The van der Waals surface area contributed by atoms with Gasteiger partial charge in [0, 0.05) is 6.54 Å². The lowest BCUT2D eigenvalue weighted by Crippen LogP contribution is -2.31. The second-order valence-electron chi connectivity index (χ2n) is 4.54. The highest BCUT2D eigenvalue weighted by atomic mass is 16.1. The first kappa shape index (κ1) is 14.0. The highest BCUT2D eigenvalue weighted by Crippen LogP contribution is 2.12. The van der Waals surface area contributed by atoms with Crippen molar-refractivity contribution in [2.24, 2.45) is 5.92 Å². The van der Waals surface area contributed by atoms with Crippen LogP contribution in [0.3, 0.4) is 0 Å². The first-order chi connectivity index (χ1) is 8.63. The van der Waals surface area contributed by atoms with Crippen LogP contribution in [0, 0.1) is 17.2 Å². The summed E-state index contributed by atoms with van der Waals surface area (Å²) in [6.45, 7) is 5.12. The Hall–Kier alpha value is -2.02. The fourth-order valence-corrected chi connectivity index (χ4v) is 1.47. The van der Waals surface area contributed by atoms with Gasteiger partial charge in [-0.3, -0.25) is 4.79 Å². The zero-order valence-electron chi connectivity index (χ0n) is 10.9. The fourth-order valence-electron chi connectivity index (χ4n) is 1.47. The summed E-state index contributed by atoms with van der Waals surface area (Å²) in [5, 5.41) is 14.7. The Morgan fingerprint density at radius 2 is 2.11 bits per heavy atom. The maximum absolute atomic E-state index is 11.5. The number of rotatable bonds is 6. The Bertz CT molecular complexity index is 435. The van der Waals surface area contributed by atoms with E-state index in [4.69, 9.17) is 5.26 Å². The second kappa shape index (κ2) is 7.33. The molecule has 0 aliphatic carbocycles. The van der Waals surface area contributed by atoms with Gasteiger partial charge >= 0.3 is 0 Å². The van der Waals surface area contributed by atoms with Crippen LogP contribution in [-0.4, -0.2) is 19.0 Å². The molecule has 0 aliphatic rings. The van der Waals surface area contributed by atoms with Crippen molar-refractivity contribution in [2.45, 2.75) is 20.3 Å². The maximum atomic E-state index is 11.5. The minimum Gasteiger partial charge on any atom is -0.375 e. The molecule has 4 heteroatoms. The smallest absolute Gasteiger partial charge is 0.239 e. The lowest BCUT2D eigenvalue weighted by atomic mass is 10.1. The maximum Gasteiger partial charge on any atom is 0.239 e. The van der Waals surface area contributed by atoms with Crippen LogP contribution in [0.1, 0.15) is 25.8 Å². The highest BCUT2D eigenvalue weighted by Gasteiger charge is 2.04. The van der Waals surface area contributed by atoms with Crippen molar-refractivity contribution < 1.29 is 4.79 Å². The summed E-state index contributed by atoms with van der Waals surface area (Å²) in [5.41, 5.74) is 1.24. The van der Waals surface area contributed by atoms with E-state index in [1.54, 1.807) is 18.2 Å². The zero-order chi connectivity index (χ0) is 13.4. The molecule has 96 valence electrons. The average Bonchev–Trinajstić information content (AvgIpc) is 2.36. The molecule has 2 N–H and O–H groups in total. The summed E-state index contributed by atoms with van der Waals surface area (Å²) in [7, 11) is 0. The van der Waals surface area contributed by atoms with Gasteiger partial charge in [-0.1, -0.05) is 26.0 Å². The van der Waals surface area contributed by atoms with E-state index in [2.05, 4.69) is 30.6 Å². The van der Waals surface area contributed by atoms with Gasteiger partial charge in [0.1, 0.15) is 6.07 Å². The third kappa shape index (κ3) is 4.88. The van der Waals surface area contributed by atoms with E-state index in [1.165, 1.54) is 0 Å². The molecule has 0 heterocycles. The van der Waals surface area contributed by atoms with E-state index in [9.17, 15) is 4.79 Å². The minimum atomic E-state index is -0.0524. The quantitative estimate of drug-likeness (QED) is 0.807. The predicted molar refractivity (Wildman–Crippen MR) is 72.1 cm³/mol. The summed E-state index contributed by atoms with van der Waals surface area (Å²) in [6.07, 6.45) is 0.973. The van der Waals surface area contributed by atoms with Crippen molar-refractivity contribution in [3.63, 3.8) is 0 Å². The minimum absolute atomic E-state index is 0.0524. The Morgan fingerprint density at radius 1 is 1.39 bits per heavy atom. The number of carbonyl (C=O) groups is 1. The van der Waals surface area contributed by atoms with E-state index in [0.29, 0.717) is 23.7 Å². The zero-order valence-corrected chi connectivity index (χ0v) is 10.9. The van der Waals surface area contributed by atoms with Gasteiger partial charge in [0.25, 0.3) is 0 Å². The van der Waals surface area contributed by atoms with Gasteiger partial charge in [0.05, 0.1) is 17.8 Å². The molecule has 0 spiro atoms. The van der Waals surface area contributed by atoms with Crippen LogP contribution < -0.4 is 10.6 Å². The number of nitriles is 1. The average molecular weight is 245 g/mol. The van der Waals surface area contributed by atoms with Gasteiger partial charge in [-0.05, 0) is 24.5 Å². The topological polar surface area (TPSA) is 64.9 Å². The molecule has 0 unspecified atom stereocenters. The number of nitrogens with one attached hydrogen (secondary N) is 2. The molecular weight excluding hydrogens is 226 g/mol. The van der Waals surface area contributed by atoms with Crippen LogP contribution in [0.15, 0.2) is 24.3 Å². The number of anilines is 1. The number of benzene rings is 1. The number of hydrogen-bond donors (Lipinski definition) is 2. The molecule has 1 aromatic rings. The molecule has 1 aromatic carbocycles. The first-order valence-corrected chi connectivity index (χ1v) is 6.13. The Morgan fingerprint density at radius 3 is 2.78 bits per heavy atom.